The Balaban J connectivity index is 1.67. The van der Waals surface area contributed by atoms with Gasteiger partial charge in [-0.2, -0.15) is 4.31 Å². The number of hydrogen-bond acceptors (Lipinski definition) is 7. The van der Waals surface area contributed by atoms with E-state index in [0.29, 0.717) is 31.1 Å². The third-order valence-corrected chi connectivity index (χ3v) is 6.56. The number of sulfonamides is 1. The molecule has 2 aromatic heterocycles. The molecule has 156 valence electrons. The highest BCUT2D eigenvalue weighted by Gasteiger charge is 2.30. The van der Waals surface area contributed by atoms with Crippen molar-refractivity contribution in [3.8, 4) is 0 Å². The number of carbonyl (C=O) groups is 2. The Morgan fingerprint density at radius 2 is 1.90 bits per heavy atom. The van der Waals surface area contributed by atoms with Gasteiger partial charge in [0.05, 0.1) is 12.2 Å². The summed E-state index contributed by atoms with van der Waals surface area (Å²) in [5.41, 5.74) is 5.77. The van der Waals surface area contributed by atoms with Gasteiger partial charge in [0.2, 0.25) is 10.0 Å². The normalized spacial score (nSPS) is 15.3. The molecule has 0 unspecified atom stereocenters. The summed E-state index contributed by atoms with van der Waals surface area (Å²) in [6.07, 6.45) is 2.84. The van der Waals surface area contributed by atoms with E-state index in [1.54, 1.807) is 26.1 Å². The van der Waals surface area contributed by atoms with Crippen molar-refractivity contribution in [3.63, 3.8) is 0 Å². The van der Waals surface area contributed by atoms with Gasteiger partial charge in [0, 0.05) is 45.6 Å². The topological polar surface area (TPSA) is 128 Å². The number of primary amides is 1. The van der Waals surface area contributed by atoms with Crippen molar-refractivity contribution in [3.05, 3.63) is 41.9 Å². The van der Waals surface area contributed by atoms with Crippen molar-refractivity contribution >= 4 is 27.7 Å². The molecule has 0 atom stereocenters. The number of amides is 1. The van der Waals surface area contributed by atoms with Gasteiger partial charge in [-0.15, -0.1) is 0 Å². The zero-order valence-corrected chi connectivity index (χ0v) is 17.1. The minimum absolute atomic E-state index is 0.0409. The number of pyridine rings is 1. The minimum Gasteiger partial charge on any atom is -0.462 e. The van der Waals surface area contributed by atoms with Crippen LogP contribution < -0.4 is 10.6 Å². The number of esters is 1. The minimum atomic E-state index is -3.73. The molecular formula is C18H23N5O5S. The van der Waals surface area contributed by atoms with Crippen LogP contribution in [-0.4, -0.2) is 66.9 Å². The molecule has 0 spiro atoms. The maximum Gasteiger partial charge on any atom is 0.339 e. The maximum atomic E-state index is 12.9. The zero-order valence-electron chi connectivity index (χ0n) is 16.2. The average Bonchev–Trinajstić information content (AvgIpc) is 3.11. The third-order valence-electron chi connectivity index (χ3n) is 4.69. The average molecular weight is 421 g/mol. The van der Waals surface area contributed by atoms with E-state index >= 15 is 0 Å². The number of anilines is 1. The molecule has 2 N–H and O–H groups in total. The summed E-state index contributed by atoms with van der Waals surface area (Å²) in [5.74, 6) is -0.456. The van der Waals surface area contributed by atoms with Crippen molar-refractivity contribution in [2.75, 3.05) is 37.7 Å². The lowest BCUT2D eigenvalue weighted by molar-refractivity contribution is 0.0525. The van der Waals surface area contributed by atoms with Crippen LogP contribution in [-0.2, 0) is 21.8 Å². The molecule has 0 bridgehead atoms. The first-order valence-corrected chi connectivity index (χ1v) is 10.5. The smallest absolute Gasteiger partial charge is 0.339 e. The number of piperazine rings is 1. The first kappa shape index (κ1) is 20.8. The van der Waals surface area contributed by atoms with Crippen molar-refractivity contribution < 1.29 is 22.7 Å². The van der Waals surface area contributed by atoms with Gasteiger partial charge in [-0.05, 0) is 25.1 Å². The third kappa shape index (κ3) is 4.25. The summed E-state index contributed by atoms with van der Waals surface area (Å²) in [6.45, 7) is 3.45. The summed E-state index contributed by atoms with van der Waals surface area (Å²) < 4.78 is 33.5. The van der Waals surface area contributed by atoms with Crippen LogP contribution in [0.15, 0.2) is 35.5 Å². The number of aryl methyl sites for hydroxylation is 1. The molecule has 3 rings (SSSR count). The monoisotopic (exact) mass is 421 g/mol. The van der Waals surface area contributed by atoms with Gasteiger partial charge < -0.3 is 19.9 Å². The van der Waals surface area contributed by atoms with Gasteiger partial charge in [-0.25, -0.2) is 18.2 Å². The SMILES string of the molecule is CCOC(=O)c1ccc(N2CCN(S(=O)(=O)c3cc(C(N)=O)n(C)c3)CC2)nc1. The molecule has 0 radical (unpaired) electrons. The molecule has 0 aliphatic carbocycles. The van der Waals surface area contributed by atoms with Crippen LogP contribution in [0.25, 0.3) is 0 Å². The molecule has 0 saturated carbocycles. The first-order valence-electron chi connectivity index (χ1n) is 9.08. The summed E-state index contributed by atoms with van der Waals surface area (Å²) in [6, 6.07) is 4.64. The molecule has 11 heteroatoms. The summed E-state index contributed by atoms with van der Waals surface area (Å²) in [7, 11) is -2.16. The van der Waals surface area contributed by atoms with Crippen LogP contribution in [0, 0.1) is 0 Å². The van der Waals surface area contributed by atoms with E-state index in [9.17, 15) is 18.0 Å². The fourth-order valence-electron chi connectivity index (χ4n) is 3.14. The van der Waals surface area contributed by atoms with E-state index in [4.69, 9.17) is 10.5 Å². The number of nitrogens with zero attached hydrogens (tertiary/aromatic N) is 4. The predicted octanol–water partition coefficient (Wildman–Crippen LogP) is 0.207. The summed E-state index contributed by atoms with van der Waals surface area (Å²) in [4.78, 5) is 29.4. The first-order chi connectivity index (χ1) is 13.7. The predicted molar refractivity (Wildman–Crippen MR) is 105 cm³/mol. The second kappa shape index (κ2) is 8.21. The van der Waals surface area contributed by atoms with Gasteiger partial charge in [0.25, 0.3) is 5.91 Å². The molecule has 2 aromatic rings. The Hall–Kier alpha value is -2.92. The molecular weight excluding hydrogens is 398 g/mol. The van der Waals surface area contributed by atoms with Gasteiger partial charge >= 0.3 is 5.97 Å². The molecule has 1 amide bonds. The Bertz CT molecular complexity index is 1010. The Kier molecular flexibility index (Phi) is 5.89. The van der Waals surface area contributed by atoms with Crippen LogP contribution >= 0.6 is 0 Å². The van der Waals surface area contributed by atoms with E-state index in [0.717, 1.165) is 0 Å². The lowest BCUT2D eigenvalue weighted by Gasteiger charge is -2.34. The number of carbonyl (C=O) groups excluding carboxylic acids is 2. The van der Waals surface area contributed by atoms with E-state index in [1.807, 2.05) is 4.90 Å². The number of nitrogens with two attached hydrogens (primary N) is 1. The summed E-state index contributed by atoms with van der Waals surface area (Å²) in [5, 5.41) is 0. The highest BCUT2D eigenvalue weighted by atomic mass is 32.2. The van der Waals surface area contributed by atoms with Crippen LogP contribution in [0.2, 0.25) is 0 Å². The largest absolute Gasteiger partial charge is 0.462 e. The van der Waals surface area contributed by atoms with Crippen molar-refractivity contribution in [1.82, 2.24) is 13.9 Å². The van der Waals surface area contributed by atoms with Gasteiger partial charge in [-0.3, -0.25) is 4.79 Å². The Morgan fingerprint density at radius 3 is 2.41 bits per heavy atom. The van der Waals surface area contributed by atoms with Gasteiger partial charge in [0.1, 0.15) is 16.4 Å². The molecule has 0 aromatic carbocycles. The lowest BCUT2D eigenvalue weighted by Crippen LogP contribution is -2.48. The quantitative estimate of drug-likeness (QED) is 0.660. The van der Waals surface area contributed by atoms with Crippen molar-refractivity contribution in [2.24, 2.45) is 12.8 Å². The van der Waals surface area contributed by atoms with E-state index < -0.39 is 21.9 Å². The van der Waals surface area contributed by atoms with Crippen LogP contribution in [0.4, 0.5) is 5.82 Å². The standard InChI is InChI=1S/C18H23N5O5S/c1-3-28-18(25)13-4-5-16(20-11-13)22-6-8-23(9-7-22)29(26,27)14-10-15(17(19)24)21(2)12-14/h4-5,10-12H,3,6-9H2,1-2H3,(H2,19,24). The number of aromatic nitrogens is 2. The van der Waals surface area contributed by atoms with Gasteiger partial charge in [-0.1, -0.05) is 0 Å². The Labute approximate surface area is 168 Å². The molecule has 1 saturated heterocycles. The number of hydrogen-bond donors (Lipinski definition) is 1. The maximum absolute atomic E-state index is 12.9. The highest BCUT2D eigenvalue weighted by Crippen LogP contribution is 2.22. The van der Waals surface area contributed by atoms with Crippen LogP contribution in [0.5, 0.6) is 0 Å². The molecule has 1 aliphatic rings. The van der Waals surface area contributed by atoms with Gasteiger partial charge in [0.15, 0.2) is 0 Å². The highest BCUT2D eigenvalue weighted by molar-refractivity contribution is 7.89. The fourth-order valence-corrected chi connectivity index (χ4v) is 4.63. The Morgan fingerprint density at radius 1 is 1.21 bits per heavy atom. The van der Waals surface area contributed by atoms with E-state index in [-0.39, 0.29) is 23.7 Å². The number of ether oxygens (including phenoxy) is 1. The molecule has 10 nitrogen and oxygen atoms in total. The van der Waals surface area contributed by atoms with E-state index in [2.05, 4.69) is 4.98 Å². The van der Waals surface area contributed by atoms with Crippen molar-refractivity contribution in [2.45, 2.75) is 11.8 Å². The summed E-state index contributed by atoms with van der Waals surface area (Å²) >= 11 is 0. The van der Waals surface area contributed by atoms with Crippen LogP contribution in [0.1, 0.15) is 27.8 Å². The molecule has 1 fully saturated rings. The molecule has 3 heterocycles. The van der Waals surface area contributed by atoms with Crippen LogP contribution in [0.3, 0.4) is 0 Å². The number of rotatable bonds is 6. The molecule has 29 heavy (non-hydrogen) atoms. The fraction of sp³-hybridized carbons (Fsp3) is 0.389. The van der Waals surface area contributed by atoms with Crippen molar-refractivity contribution in [1.29, 1.82) is 0 Å². The second-order valence-corrected chi connectivity index (χ2v) is 8.49. The molecule has 1 aliphatic heterocycles. The lowest BCUT2D eigenvalue weighted by atomic mass is 10.2. The second-order valence-electron chi connectivity index (χ2n) is 6.55. The zero-order chi connectivity index (χ0) is 21.2. The van der Waals surface area contributed by atoms with E-state index in [1.165, 1.54) is 27.3 Å².